The molecule has 236 valence electrons. The highest BCUT2D eigenvalue weighted by Gasteiger charge is 2.51. The van der Waals surface area contributed by atoms with Crippen molar-refractivity contribution in [1.82, 2.24) is 29.5 Å². The molecule has 2 aromatic heterocycles. The topological polar surface area (TPSA) is 112 Å². The third-order valence-corrected chi connectivity index (χ3v) is 9.94. The second-order valence-corrected chi connectivity index (χ2v) is 13.8. The van der Waals surface area contributed by atoms with E-state index in [0.717, 1.165) is 85.7 Å². The average molecular weight is 610 g/mol. The molecule has 3 fully saturated rings. The van der Waals surface area contributed by atoms with E-state index in [1.54, 1.807) is 0 Å². The van der Waals surface area contributed by atoms with Crippen molar-refractivity contribution in [1.29, 1.82) is 0 Å². The van der Waals surface area contributed by atoms with E-state index in [1.165, 1.54) is 19.2 Å². The fraction of sp³-hybridized carbons (Fsp3) is 0.486. The number of aromatic nitrogens is 4. The minimum Gasteiger partial charge on any atom is -0.457 e. The zero-order valence-electron chi connectivity index (χ0n) is 26.5. The van der Waals surface area contributed by atoms with Gasteiger partial charge in [0, 0.05) is 37.8 Å². The summed E-state index contributed by atoms with van der Waals surface area (Å²) >= 11 is 0. The molecule has 1 unspecified atom stereocenters. The van der Waals surface area contributed by atoms with Crippen molar-refractivity contribution in [2.75, 3.05) is 31.9 Å². The average Bonchev–Trinajstić information content (AvgIpc) is 3.42. The Bertz CT molecular complexity index is 1650. The summed E-state index contributed by atoms with van der Waals surface area (Å²) in [4.78, 5) is 26.2. The van der Waals surface area contributed by atoms with E-state index in [2.05, 4.69) is 19.5 Å². The van der Waals surface area contributed by atoms with Crippen LogP contribution in [0.3, 0.4) is 0 Å². The number of para-hydroxylation sites is 1. The molecule has 1 spiro atoms. The van der Waals surface area contributed by atoms with Gasteiger partial charge in [-0.05, 0) is 101 Å². The van der Waals surface area contributed by atoms with E-state index in [9.17, 15) is 4.79 Å². The zero-order valence-corrected chi connectivity index (χ0v) is 26.5. The molecule has 10 heteroatoms. The Hall–Kier alpha value is -4.18. The maximum absolute atomic E-state index is 12.6. The molecule has 1 atom stereocenters. The first-order valence-corrected chi connectivity index (χ1v) is 16.2. The number of benzene rings is 2. The van der Waals surface area contributed by atoms with Crippen LogP contribution in [-0.4, -0.2) is 73.5 Å². The largest absolute Gasteiger partial charge is 0.457 e. The van der Waals surface area contributed by atoms with E-state index >= 15 is 0 Å². The van der Waals surface area contributed by atoms with Crippen molar-refractivity contribution < 1.29 is 14.3 Å². The molecule has 0 radical (unpaired) electrons. The van der Waals surface area contributed by atoms with Crippen LogP contribution in [0.2, 0.25) is 0 Å². The SMILES string of the molecule is CC(C)(C)OC(=O)N1CCC2(CCC2N2CCC(n3nc(-c4ccc(Oc5ccccc5)cc4)c4c(N)ncnc43)CC2)CC1. The van der Waals surface area contributed by atoms with Crippen molar-refractivity contribution in [2.45, 2.75) is 77.0 Å². The summed E-state index contributed by atoms with van der Waals surface area (Å²) in [5.74, 6) is 2.00. The highest BCUT2D eigenvalue weighted by atomic mass is 16.6. The van der Waals surface area contributed by atoms with Crippen molar-refractivity contribution in [2.24, 2.45) is 5.41 Å². The number of likely N-dealkylation sites (tertiary alicyclic amines) is 2. The van der Waals surface area contributed by atoms with E-state index in [1.807, 2.05) is 80.3 Å². The van der Waals surface area contributed by atoms with Crippen molar-refractivity contribution >= 4 is 22.9 Å². The molecule has 2 saturated heterocycles. The fourth-order valence-electron chi connectivity index (χ4n) is 7.50. The van der Waals surface area contributed by atoms with Gasteiger partial charge in [-0.15, -0.1) is 0 Å². The minimum absolute atomic E-state index is 0.180. The highest BCUT2D eigenvalue weighted by molar-refractivity contribution is 5.98. The van der Waals surface area contributed by atoms with E-state index < -0.39 is 5.60 Å². The van der Waals surface area contributed by atoms with Gasteiger partial charge >= 0.3 is 6.09 Å². The monoisotopic (exact) mass is 609 g/mol. The Balaban J connectivity index is 1.03. The predicted molar refractivity (Wildman–Crippen MR) is 174 cm³/mol. The lowest BCUT2D eigenvalue weighted by Gasteiger charge is -2.58. The Morgan fingerprint density at radius 1 is 0.889 bits per heavy atom. The summed E-state index contributed by atoms with van der Waals surface area (Å²) in [7, 11) is 0. The molecule has 1 amide bonds. The van der Waals surface area contributed by atoms with Crippen LogP contribution in [0.4, 0.5) is 10.6 Å². The molecule has 1 aliphatic carbocycles. The third-order valence-electron chi connectivity index (χ3n) is 9.94. The fourth-order valence-corrected chi connectivity index (χ4v) is 7.50. The molecule has 2 N–H and O–H groups in total. The number of nitrogens with zero attached hydrogens (tertiary/aromatic N) is 6. The van der Waals surface area contributed by atoms with Crippen molar-refractivity contribution in [3.8, 4) is 22.8 Å². The van der Waals surface area contributed by atoms with Gasteiger partial charge in [-0.25, -0.2) is 19.4 Å². The maximum Gasteiger partial charge on any atom is 0.410 e. The second kappa shape index (κ2) is 11.6. The summed E-state index contributed by atoms with van der Waals surface area (Å²) in [6.45, 7) is 9.39. The normalized spacial score (nSPS) is 20.7. The molecular formula is C35H43N7O3. The lowest BCUT2D eigenvalue weighted by Crippen LogP contribution is -2.61. The van der Waals surface area contributed by atoms with Gasteiger partial charge in [0.15, 0.2) is 5.65 Å². The van der Waals surface area contributed by atoms with Crippen LogP contribution < -0.4 is 10.5 Å². The van der Waals surface area contributed by atoms with Crippen LogP contribution in [0.5, 0.6) is 11.5 Å². The van der Waals surface area contributed by atoms with Gasteiger partial charge < -0.3 is 20.1 Å². The molecule has 1 saturated carbocycles. The molecule has 2 aliphatic heterocycles. The third kappa shape index (κ3) is 5.83. The lowest BCUT2D eigenvalue weighted by atomic mass is 9.58. The van der Waals surface area contributed by atoms with Crippen LogP contribution in [0.1, 0.15) is 65.3 Å². The Kier molecular flexibility index (Phi) is 7.63. The Morgan fingerprint density at radius 3 is 2.22 bits per heavy atom. The van der Waals surface area contributed by atoms with Crippen LogP contribution in [0.25, 0.3) is 22.3 Å². The van der Waals surface area contributed by atoms with Gasteiger partial charge in [0.2, 0.25) is 0 Å². The van der Waals surface area contributed by atoms with Crippen LogP contribution in [0, 0.1) is 5.41 Å². The number of rotatable bonds is 5. The Labute approximate surface area is 264 Å². The summed E-state index contributed by atoms with van der Waals surface area (Å²) in [6.07, 6.45) is 7.94. The summed E-state index contributed by atoms with van der Waals surface area (Å²) in [5.41, 5.74) is 8.81. The van der Waals surface area contributed by atoms with Crippen molar-refractivity contribution in [3.05, 3.63) is 60.9 Å². The van der Waals surface area contributed by atoms with E-state index in [-0.39, 0.29) is 12.1 Å². The number of piperidine rings is 2. The number of ether oxygens (including phenoxy) is 2. The number of carbonyl (C=O) groups is 1. The first-order valence-electron chi connectivity index (χ1n) is 16.2. The molecule has 45 heavy (non-hydrogen) atoms. The standard InChI is InChI=1S/C35H43N7O3/c1-34(2,3)45-33(43)41-21-17-35(18-22-41)16-13-28(35)40-19-14-25(15-20-40)42-32-29(31(36)37-23-38-32)30(39-42)24-9-11-27(12-10-24)44-26-7-5-4-6-8-26/h4-12,23,25,28H,13-22H2,1-3H3,(H2,36,37,38). The van der Waals surface area contributed by atoms with E-state index in [0.29, 0.717) is 17.3 Å². The predicted octanol–water partition coefficient (Wildman–Crippen LogP) is 6.68. The smallest absolute Gasteiger partial charge is 0.410 e. The molecular weight excluding hydrogens is 566 g/mol. The molecule has 0 bridgehead atoms. The van der Waals surface area contributed by atoms with Gasteiger partial charge in [-0.2, -0.15) is 5.10 Å². The maximum atomic E-state index is 12.6. The quantitative estimate of drug-likeness (QED) is 0.267. The lowest BCUT2D eigenvalue weighted by molar-refractivity contribution is -0.0784. The van der Waals surface area contributed by atoms with E-state index in [4.69, 9.17) is 20.3 Å². The number of carbonyl (C=O) groups excluding carboxylic acids is 1. The molecule has 4 heterocycles. The highest BCUT2D eigenvalue weighted by Crippen LogP contribution is 2.52. The van der Waals surface area contributed by atoms with Crippen LogP contribution in [-0.2, 0) is 4.74 Å². The number of hydrogen-bond donors (Lipinski definition) is 1. The summed E-state index contributed by atoms with van der Waals surface area (Å²) in [5, 5.41) is 5.92. The first kappa shape index (κ1) is 29.5. The number of nitrogen functional groups attached to an aromatic ring is 1. The number of nitrogens with two attached hydrogens (primary N) is 1. The molecule has 4 aromatic rings. The van der Waals surface area contributed by atoms with Gasteiger partial charge in [0.25, 0.3) is 0 Å². The van der Waals surface area contributed by atoms with Gasteiger partial charge in [0.05, 0.1) is 11.4 Å². The molecule has 10 nitrogen and oxygen atoms in total. The van der Waals surface area contributed by atoms with Crippen molar-refractivity contribution in [3.63, 3.8) is 0 Å². The summed E-state index contributed by atoms with van der Waals surface area (Å²) < 4.78 is 13.7. The number of hydrogen-bond acceptors (Lipinski definition) is 8. The second-order valence-electron chi connectivity index (χ2n) is 13.8. The molecule has 2 aromatic carbocycles. The Morgan fingerprint density at radius 2 is 1.58 bits per heavy atom. The molecule has 3 aliphatic rings. The first-order chi connectivity index (χ1) is 21.7. The number of anilines is 1. The van der Waals surface area contributed by atoms with Gasteiger partial charge in [-0.1, -0.05) is 18.2 Å². The molecule has 7 rings (SSSR count). The number of amides is 1. The van der Waals surface area contributed by atoms with Gasteiger partial charge in [-0.3, -0.25) is 4.90 Å². The van der Waals surface area contributed by atoms with Gasteiger partial charge in [0.1, 0.15) is 34.9 Å². The summed E-state index contributed by atoms with van der Waals surface area (Å²) in [6, 6.07) is 18.5. The zero-order chi connectivity index (χ0) is 31.2. The van der Waals surface area contributed by atoms with Crippen LogP contribution >= 0.6 is 0 Å². The van der Waals surface area contributed by atoms with Crippen LogP contribution in [0.15, 0.2) is 60.9 Å². The number of fused-ring (bicyclic) bond motifs is 1. The minimum atomic E-state index is -0.462.